The van der Waals surface area contributed by atoms with Gasteiger partial charge in [-0.15, -0.1) is 0 Å². The van der Waals surface area contributed by atoms with E-state index in [2.05, 4.69) is 24.1 Å². The molecule has 0 radical (unpaired) electrons. The van der Waals surface area contributed by atoms with Gasteiger partial charge in [0, 0.05) is 12.7 Å². The lowest BCUT2D eigenvalue weighted by Gasteiger charge is -2.06. The number of aromatic nitrogens is 2. The van der Waals surface area contributed by atoms with Crippen molar-refractivity contribution in [2.24, 2.45) is 5.92 Å². The van der Waals surface area contributed by atoms with Gasteiger partial charge in [-0.25, -0.2) is 9.78 Å². The molecule has 0 saturated carbocycles. The Hall–Kier alpha value is -2.04. The van der Waals surface area contributed by atoms with Crippen LogP contribution in [0.15, 0.2) is 24.4 Å². The number of carbonyl (C=O) groups is 1. The molecule has 0 aliphatic carbocycles. The minimum Gasteiger partial charge on any atom is -0.476 e. The fourth-order valence-electron chi connectivity index (χ4n) is 1.62. The second-order valence-corrected chi connectivity index (χ2v) is 4.32. The molecule has 5 nitrogen and oxygen atoms in total. The summed E-state index contributed by atoms with van der Waals surface area (Å²) in [6.45, 7) is 4.82. The van der Waals surface area contributed by atoms with Gasteiger partial charge < -0.3 is 10.4 Å². The summed E-state index contributed by atoms with van der Waals surface area (Å²) in [5, 5.41) is 12.3. The predicted molar refractivity (Wildman–Crippen MR) is 65.5 cm³/mol. The molecular formula is C12H15N3O2. The van der Waals surface area contributed by atoms with E-state index < -0.39 is 5.97 Å². The van der Waals surface area contributed by atoms with Crippen LogP contribution in [0.1, 0.15) is 24.3 Å². The zero-order chi connectivity index (χ0) is 12.4. The number of carboxylic acid groups (broad SMARTS) is 1. The van der Waals surface area contributed by atoms with Gasteiger partial charge in [0.1, 0.15) is 5.65 Å². The molecule has 2 rings (SSSR count). The van der Waals surface area contributed by atoms with Crippen LogP contribution in [0.3, 0.4) is 0 Å². The van der Waals surface area contributed by atoms with E-state index in [1.165, 1.54) is 0 Å². The lowest BCUT2D eigenvalue weighted by Crippen LogP contribution is -2.12. The van der Waals surface area contributed by atoms with Crippen molar-refractivity contribution < 1.29 is 9.90 Å². The summed E-state index contributed by atoms with van der Waals surface area (Å²) >= 11 is 0. The topological polar surface area (TPSA) is 66.6 Å². The van der Waals surface area contributed by atoms with E-state index >= 15 is 0 Å². The number of nitrogens with one attached hydrogen (secondary N) is 1. The normalized spacial score (nSPS) is 11.0. The van der Waals surface area contributed by atoms with Gasteiger partial charge in [0.2, 0.25) is 0 Å². The van der Waals surface area contributed by atoms with Crippen molar-refractivity contribution in [3.63, 3.8) is 0 Å². The molecule has 0 atom stereocenters. The molecule has 0 spiro atoms. The van der Waals surface area contributed by atoms with Crippen molar-refractivity contribution in [2.45, 2.75) is 13.8 Å². The molecule has 0 aliphatic heterocycles. The van der Waals surface area contributed by atoms with Gasteiger partial charge in [-0.3, -0.25) is 4.40 Å². The first kappa shape index (κ1) is 11.4. The highest BCUT2D eigenvalue weighted by Gasteiger charge is 2.17. The first-order chi connectivity index (χ1) is 8.09. The largest absolute Gasteiger partial charge is 0.476 e. The highest BCUT2D eigenvalue weighted by molar-refractivity contribution is 5.92. The van der Waals surface area contributed by atoms with Crippen LogP contribution in [0.5, 0.6) is 0 Å². The van der Waals surface area contributed by atoms with E-state index in [1.54, 1.807) is 22.7 Å². The smallest absolute Gasteiger partial charge is 0.356 e. The number of fused-ring (bicyclic) bond motifs is 1. The second kappa shape index (κ2) is 4.45. The molecule has 5 heteroatoms. The predicted octanol–water partition coefficient (Wildman–Crippen LogP) is 2.10. The molecule has 17 heavy (non-hydrogen) atoms. The van der Waals surface area contributed by atoms with Gasteiger partial charge in [0.05, 0.1) is 0 Å². The third kappa shape index (κ3) is 2.22. The van der Waals surface area contributed by atoms with Crippen molar-refractivity contribution in [1.29, 1.82) is 0 Å². The highest BCUT2D eigenvalue weighted by Crippen LogP contribution is 2.17. The summed E-state index contributed by atoms with van der Waals surface area (Å²) < 4.78 is 1.57. The Bertz CT molecular complexity index is 546. The van der Waals surface area contributed by atoms with Gasteiger partial charge in [-0.1, -0.05) is 19.9 Å². The number of carboxylic acids is 1. The molecule has 0 amide bonds. The van der Waals surface area contributed by atoms with Crippen molar-refractivity contribution in [3.8, 4) is 0 Å². The molecule has 0 aliphatic rings. The quantitative estimate of drug-likeness (QED) is 0.848. The monoisotopic (exact) mass is 233 g/mol. The third-order valence-corrected chi connectivity index (χ3v) is 2.41. The molecule has 0 saturated heterocycles. The number of anilines is 1. The minimum absolute atomic E-state index is 0.182. The molecule has 2 aromatic rings. The number of pyridine rings is 1. The average molecular weight is 233 g/mol. The first-order valence-electron chi connectivity index (χ1n) is 5.54. The minimum atomic E-state index is -0.977. The van der Waals surface area contributed by atoms with Crippen LogP contribution in [0.25, 0.3) is 5.65 Å². The van der Waals surface area contributed by atoms with E-state index in [-0.39, 0.29) is 5.69 Å². The molecular weight excluding hydrogens is 218 g/mol. The summed E-state index contributed by atoms with van der Waals surface area (Å²) in [6, 6.07) is 5.40. The lowest BCUT2D eigenvalue weighted by molar-refractivity contribution is 0.0690. The fourth-order valence-corrected chi connectivity index (χ4v) is 1.62. The van der Waals surface area contributed by atoms with Crippen molar-refractivity contribution in [2.75, 3.05) is 11.9 Å². The molecule has 90 valence electrons. The molecule has 2 N–H and O–H groups in total. The standard InChI is InChI=1S/C12H15N3O2/c1-8(2)7-13-11-10(12(16)17)15-6-4-3-5-9(15)14-11/h3-6,8,13H,7H2,1-2H3,(H,16,17). The maximum absolute atomic E-state index is 11.2. The van der Waals surface area contributed by atoms with E-state index in [0.29, 0.717) is 23.9 Å². The van der Waals surface area contributed by atoms with Gasteiger partial charge in [-0.05, 0) is 18.1 Å². The Labute approximate surface area is 99.1 Å². The molecule has 2 aromatic heterocycles. The van der Waals surface area contributed by atoms with Crippen LogP contribution in [0, 0.1) is 5.92 Å². The number of aromatic carboxylic acids is 1. The van der Waals surface area contributed by atoms with E-state index in [9.17, 15) is 9.90 Å². The van der Waals surface area contributed by atoms with Crippen LogP contribution >= 0.6 is 0 Å². The maximum Gasteiger partial charge on any atom is 0.356 e. The number of rotatable bonds is 4. The Balaban J connectivity index is 2.46. The van der Waals surface area contributed by atoms with Gasteiger partial charge in [0.25, 0.3) is 0 Å². The molecule has 2 heterocycles. The van der Waals surface area contributed by atoms with Gasteiger partial charge in [-0.2, -0.15) is 0 Å². The van der Waals surface area contributed by atoms with Gasteiger partial charge >= 0.3 is 5.97 Å². The Morgan fingerprint density at radius 2 is 2.29 bits per heavy atom. The number of imidazole rings is 1. The van der Waals surface area contributed by atoms with Crippen LogP contribution in [0.2, 0.25) is 0 Å². The Kier molecular flexibility index (Phi) is 2.99. The SMILES string of the molecule is CC(C)CNc1nc2ccccn2c1C(=O)O. The molecule has 0 unspecified atom stereocenters. The summed E-state index contributed by atoms with van der Waals surface area (Å²) in [5.74, 6) is -0.117. The highest BCUT2D eigenvalue weighted by atomic mass is 16.4. The number of nitrogens with zero attached hydrogens (tertiary/aromatic N) is 2. The summed E-state index contributed by atoms with van der Waals surface area (Å²) in [4.78, 5) is 15.5. The zero-order valence-corrected chi connectivity index (χ0v) is 9.84. The Morgan fingerprint density at radius 1 is 1.53 bits per heavy atom. The van der Waals surface area contributed by atoms with Crippen LogP contribution in [0.4, 0.5) is 5.82 Å². The van der Waals surface area contributed by atoms with Crippen LogP contribution in [-0.4, -0.2) is 27.0 Å². The number of hydrogen-bond donors (Lipinski definition) is 2. The molecule has 0 aromatic carbocycles. The average Bonchev–Trinajstić information content (AvgIpc) is 2.64. The number of hydrogen-bond acceptors (Lipinski definition) is 3. The van der Waals surface area contributed by atoms with Crippen LogP contribution < -0.4 is 5.32 Å². The lowest BCUT2D eigenvalue weighted by atomic mass is 10.2. The molecule has 0 bridgehead atoms. The summed E-state index contributed by atoms with van der Waals surface area (Å²) in [7, 11) is 0. The van der Waals surface area contributed by atoms with Crippen molar-refractivity contribution >= 4 is 17.4 Å². The summed E-state index contributed by atoms with van der Waals surface area (Å²) in [6.07, 6.45) is 1.70. The van der Waals surface area contributed by atoms with E-state index in [4.69, 9.17) is 0 Å². The van der Waals surface area contributed by atoms with Gasteiger partial charge in [0.15, 0.2) is 11.5 Å². The fraction of sp³-hybridized carbons (Fsp3) is 0.333. The maximum atomic E-state index is 11.2. The Morgan fingerprint density at radius 3 is 2.94 bits per heavy atom. The van der Waals surface area contributed by atoms with E-state index in [0.717, 1.165) is 0 Å². The first-order valence-corrected chi connectivity index (χ1v) is 5.54. The van der Waals surface area contributed by atoms with Crippen molar-refractivity contribution in [3.05, 3.63) is 30.1 Å². The van der Waals surface area contributed by atoms with Crippen LogP contribution in [-0.2, 0) is 0 Å². The third-order valence-electron chi connectivity index (χ3n) is 2.41. The van der Waals surface area contributed by atoms with E-state index in [1.807, 2.05) is 6.07 Å². The molecule has 0 fully saturated rings. The second-order valence-electron chi connectivity index (χ2n) is 4.32. The van der Waals surface area contributed by atoms with Crippen molar-refractivity contribution in [1.82, 2.24) is 9.38 Å². The summed E-state index contributed by atoms with van der Waals surface area (Å²) in [5.41, 5.74) is 0.817. The zero-order valence-electron chi connectivity index (χ0n) is 9.84.